The zero-order valence-corrected chi connectivity index (χ0v) is 22.7. The molecule has 2 aliphatic carbocycles. The number of nitrogens with zero attached hydrogens (tertiary/aromatic N) is 5. The van der Waals surface area contributed by atoms with Gasteiger partial charge in [-0.2, -0.15) is 0 Å². The van der Waals surface area contributed by atoms with Crippen LogP contribution in [0.2, 0.25) is 0 Å². The number of hydrogen-bond acceptors (Lipinski definition) is 7. The Labute approximate surface area is 205 Å². The second-order valence-corrected chi connectivity index (χ2v) is 10.8. The summed E-state index contributed by atoms with van der Waals surface area (Å²) >= 11 is 0.299. The summed E-state index contributed by atoms with van der Waals surface area (Å²) in [6.45, 7) is 0. The van der Waals surface area contributed by atoms with Gasteiger partial charge in [0.1, 0.15) is 0 Å². The molecule has 3 aromatic heterocycles. The molecular formula is C22H23F2N6O2Tl. The van der Waals surface area contributed by atoms with E-state index in [1.807, 2.05) is 0 Å². The molecule has 3 heterocycles. The van der Waals surface area contributed by atoms with Crippen LogP contribution >= 0.6 is 0 Å². The number of nitrogens with one attached hydrogen (secondary N) is 1. The fourth-order valence-corrected chi connectivity index (χ4v) is 6.86. The summed E-state index contributed by atoms with van der Waals surface area (Å²) in [5, 5.41) is 8.22. The van der Waals surface area contributed by atoms with Gasteiger partial charge in [-0.15, -0.1) is 0 Å². The minimum atomic E-state index is -0.609. The molecule has 1 spiro atoms. The summed E-state index contributed by atoms with van der Waals surface area (Å²) in [5.41, 5.74) is 0.805. The standard InChI is InChI=1S/C22H23F2N6O2.Tl/c1-32-21(31)13-5-4-8-22(6-2-3-7-22)17(13)27-19-15(24)11-26-20(28-19)16-14-9-12(23)10-25-18(14)30-29-16;/h9-11,13,17H,2-8H2,1H3,(H-,25,26,27,28,29,30);/q-1;+1/t13-,17+;/m1./s1. The number of ether oxygens (including phenoxy) is 1. The van der Waals surface area contributed by atoms with E-state index in [0.717, 1.165) is 50.9 Å². The number of carbonyl (C=O) groups excluding carboxylic acids is 1. The van der Waals surface area contributed by atoms with Gasteiger partial charge in [-0.25, -0.2) is 0 Å². The Balaban J connectivity index is 1.55. The molecule has 2 fully saturated rings. The number of carbonyl (C=O) groups is 1. The van der Waals surface area contributed by atoms with Crippen LogP contribution in [0.15, 0.2) is 18.5 Å². The van der Waals surface area contributed by atoms with E-state index in [-0.39, 0.29) is 35.0 Å². The first-order valence-corrected chi connectivity index (χ1v) is 13.1. The molecule has 33 heavy (non-hydrogen) atoms. The van der Waals surface area contributed by atoms with Crippen molar-refractivity contribution in [2.75, 3.05) is 12.4 Å². The Morgan fingerprint density at radius 1 is 1.21 bits per heavy atom. The molecule has 0 bridgehead atoms. The summed E-state index contributed by atoms with van der Waals surface area (Å²) < 4.78 is 35.6. The van der Waals surface area contributed by atoms with Crippen molar-refractivity contribution in [2.45, 2.75) is 51.0 Å². The van der Waals surface area contributed by atoms with Crippen molar-refractivity contribution in [1.29, 1.82) is 0 Å². The summed E-state index contributed by atoms with van der Waals surface area (Å²) in [7, 11) is 1.39. The number of hydrogen-bond donors (Lipinski definition) is 1. The first kappa shape index (κ1) is 22.5. The van der Waals surface area contributed by atoms with Gasteiger partial charge in [0.15, 0.2) is 0 Å². The number of aromatic nitrogens is 5. The van der Waals surface area contributed by atoms with E-state index >= 15 is 0 Å². The van der Waals surface area contributed by atoms with E-state index in [0.29, 0.717) is 49.2 Å². The van der Waals surface area contributed by atoms with Crippen LogP contribution < -0.4 is 5.32 Å². The second-order valence-electron chi connectivity index (χ2n) is 8.92. The zero-order chi connectivity index (χ0) is 23.2. The molecule has 170 valence electrons. The summed E-state index contributed by atoms with van der Waals surface area (Å²) in [6.07, 6.45) is 9.00. The number of pyridine rings is 1. The van der Waals surface area contributed by atoms with Gasteiger partial charge in [0.05, 0.1) is 0 Å². The first-order chi connectivity index (χ1) is 15.9. The maximum atomic E-state index is 14.9. The minimum absolute atomic E-state index is 0.0231. The van der Waals surface area contributed by atoms with Crippen molar-refractivity contribution in [1.82, 2.24) is 22.5 Å². The monoisotopic (exact) mass is 646 g/mol. The van der Waals surface area contributed by atoms with E-state index < -0.39 is 11.6 Å². The predicted molar refractivity (Wildman–Crippen MR) is 117 cm³/mol. The molecule has 0 radical (unpaired) electrons. The third kappa shape index (κ3) is 3.99. The SMILES string of the molecule is COC(=O)[C@@H]1CCCC2(CCCC2)[C@H]1Nc1nc(-c2n[n]([Tl])c3ncc(F)cc23)ncc1F. The number of fused-ring (bicyclic) bond motifs is 1. The van der Waals surface area contributed by atoms with Gasteiger partial charge in [-0.05, 0) is 0 Å². The van der Waals surface area contributed by atoms with Crippen molar-refractivity contribution >= 4 is 48.9 Å². The third-order valence-electron chi connectivity index (χ3n) is 7.12. The van der Waals surface area contributed by atoms with Crippen LogP contribution in [-0.2, 0) is 9.53 Å². The summed E-state index contributed by atoms with van der Waals surface area (Å²) in [4.78, 5) is 25.3. The van der Waals surface area contributed by atoms with Gasteiger partial charge in [-0.3, -0.25) is 0 Å². The number of anilines is 1. The molecule has 0 amide bonds. The van der Waals surface area contributed by atoms with Crippen molar-refractivity contribution < 1.29 is 18.3 Å². The molecule has 0 saturated heterocycles. The van der Waals surface area contributed by atoms with Crippen LogP contribution in [0.1, 0.15) is 44.9 Å². The molecule has 5 rings (SSSR count). The van der Waals surface area contributed by atoms with Crippen molar-refractivity contribution in [3.8, 4) is 11.5 Å². The number of halogens is 2. The molecule has 0 aromatic carbocycles. The van der Waals surface area contributed by atoms with Crippen molar-refractivity contribution in [3.63, 3.8) is 0 Å². The Bertz CT molecular complexity index is 1210. The van der Waals surface area contributed by atoms with Gasteiger partial charge in [-0.1, -0.05) is 0 Å². The van der Waals surface area contributed by atoms with Crippen molar-refractivity contribution in [3.05, 3.63) is 30.1 Å². The zero-order valence-electron chi connectivity index (χ0n) is 18.2. The Morgan fingerprint density at radius 2 is 1.97 bits per heavy atom. The molecule has 0 unspecified atom stereocenters. The molecule has 3 aromatic rings. The Kier molecular flexibility index (Phi) is 6.04. The maximum absolute atomic E-state index is 14.9. The second kappa shape index (κ2) is 8.84. The van der Waals surface area contributed by atoms with Gasteiger partial charge in [0.2, 0.25) is 0 Å². The average molecular weight is 646 g/mol. The fraction of sp³-hybridized carbons (Fsp3) is 0.500. The predicted octanol–water partition coefficient (Wildman–Crippen LogP) is 3.41. The van der Waals surface area contributed by atoms with Crippen LogP contribution in [0.4, 0.5) is 14.6 Å². The normalized spacial score (nSPS) is 22.0. The van der Waals surface area contributed by atoms with Crippen LogP contribution in [0, 0.1) is 23.0 Å². The van der Waals surface area contributed by atoms with E-state index in [1.165, 1.54) is 13.2 Å². The number of methoxy groups -OCH3 is 1. The molecule has 2 saturated carbocycles. The molecule has 11 heteroatoms. The van der Waals surface area contributed by atoms with E-state index in [1.54, 1.807) is 2.49 Å². The Morgan fingerprint density at radius 3 is 2.73 bits per heavy atom. The fourth-order valence-electron chi connectivity index (χ4n) is 5.61. The molecule has 8 nitrogen and oxygen atoms in total. The quantitative estimate of drug-likeness (QED) is 0.344. The third-order valence-corrected chi connectivity index (χ3v) is 8.52. The van der Waals surface area contributed by atoms with Crippen LogP contribution in [0.5, 0.6) is 0 Å². The van der Waals surface area contributed by atoms with Gasteiger partial charge >= 0.3 is 206 Å². The first-order valence-electron chi connectivity index (χ1n) is 11.1. The molecule has 0 aliphatic heterocycles. The van der Waals surface area contributed by atoms with Crippen LogP contribution in [-0.4, -0.2) is 67.7 Å². The summed E-state index contributed by atoms with van der Waals surface area (Å²) in [6, 6.07) is 1.05. The number of rotatable bonds is 4. The molecular weight excluding hydrogens is 623 g/mol. The van der Waals surface area contributed by atoms with Gasteiger partial charge in [0, 0.05) is 0 Å². The van der Waals surface area contributed by atoms with Crippen LogP contribution in [0.25, 0.3) is 22.6 Å². The van der Waals surface area contributed by atoms with Gasteiger partial charge in [0.25, 0.3) is 0 Å². The van der Waals surface area contributed by atoms with E-state index in [9.17, 15) is 13.6 Å². The topological polar surface area (TPSA) is 94.8 Å². The van der Waals surface area contributed by atoms with E-state index in [2.05, 4.69) is 25.4 Å². The van der Waals surface area contributed by atoms with Crippen molar-refractivity contribution in [2.24, 2.45) is 11.3 Å². The van der Waals surface area contributed by atoms with Crippen LogP contribution in [0.3, 0.4) is 0 Å². The molecule has 1 N–H and O–H groups in total. The Hall–Kier alpha value is -2.25. The average Bonchev–Trinajstić information content (AvgIpc) is 3.41. The van der Waals surface area contributed by atoms with Gasteiger partial charge < -0.3 is 0 Å². The summed E-state index contributed by atoms with van der Waals surface area (Å²) in [5.74, 6) is -1.55. The number of esters is 1. The molecule has 2 atom stereocenters. The molecule has 2 aliphatic rings. The van der Waals surface area contributed by atoms with E-state index in [4.69, 9.17) is 4.74 Å².